The van der Waals surface area contributed by atoms with E-state index in [1.165, 1.54) is 0 Å². The Bertz CT molecular complexity index is 612. The molecule has 19 heavy (non-hydrogen) atoms. The van der Waals surface area contributed by atoms with Crippen LogP contribution in [0.25, 0.3) is 11.1 Å². The molecule has 96 valence electrons. The molecule has 2 aromatic rings. The molecule has 0 saturated heterocycles. The van der Waals surface area contributed by atoms with Gasteiger partial charge < -0.3 is 10.5 Å². The van der Waals surface area contributed by atoms with Crippen molar-refractivity contribution in [1.29, 1.82) is 5.26 Å². The van der Waals surface area contributed by atoms with Gasteiger partial charge in [-0.3, -0.25) is 0 Å². The second kappa shape index (κ2) is 5.40. The van der Waals surface area contributed by atoms with Crippen molar-refractivity contribution in [3.05, 3.63) is 42.1 Å². The highest BCUT2D eigenvalue weighted by atomic mass is 16.5. The highest BCUT2D eigenvalue weighted by Crippen LogP contribution is 2.27. The number of anilines is 1. The lowest BCUT2D eigenvalue weighted by Crippen LogP contribution is -2.05. The number of nitrogen functional groups attached to an aromatic ring is 1. The number of nitriles is 1. The Morgan fingerprint density at radius 1 is 1.21 bits per heavy atom. The highest BCUT2D eigenvalue weighted by molar-refractivity contribution is 5.75. The van der Waals surface area contributed by atoms with Crippen molar-refractivity contribution in [2.24, 2.45) is 0 Å². The molecule has 1 aromatic carbocycles. The average molecular weight is 253 g/mol. The SMILES string of the molecule is CC(C)Oc1ccc(-c2ccnc(N)c2C#N)cc1. The quantitative estimate of drug-likeness (QED) is 0.912. The maximum absolute atomic E-state index is 9.14. The molecule has 0 spiro atoms. The molecule has 0 aliphatic carbocycles. The van der Waals surface area contributed by atoms with Crippen molar-refractivity contribution >= 4 is 5.82 Å². The number of rotatable bonds is 3. The number of aromatic nitrogens is 1. The zero-order valence-electron chi connectivity index (χ0n) is 10.9. The Hall–Kier alpha value is -2.54. The second-order valence-corrected chi connectivity index (χ2v) is 4.42. The van der Waals surface area contributed by atoms with Crippen molar-refractivity contribution in [3.63, 3.8) is 0 Å². The van der Waals surface area contributed by atoms with Gasteiger partial charge in [-0.05, 0) is 37.6 Å². The largest absolute Gasteiger partial charge is 0.491 e. The van der Waals surface area contributed by atoms with Crippen LogP contribution >= 0.6 is 0 Å². The van der Waals surface area contributed by atoms with Gasteiger partial charge in [-0.1, -0.05) is 12.1 Å². The third-order valence-electron chi connectivity index (χ3n) is 2.63. The van der Waals surface area contributed by atoms with Gasteiger partial charge in [0, 0.05) is 11.8 Å². The summed E-state index contributed by atoms with van der Waals surface area (Å²) in [5.41, 5.74) is 7.81. The topological polar surface area (TPSA) is 71.9 Å². The minimum Gasteiger partial charge on any atom is -0.491 e. The molecule has 0 saturated carbocycles. The van der Waals surface area contributed by atoms with Gasteiger partial charge in [0.15, 0.2) is 0 Å². The van der Waals surface area contributed by atoms with E-state index >= 15 is 0 Å². The first-order valence-electron chi connectivity index (χ1n) is 6.03. The third-order valence-corrected chi connectivity index (χ3v) is 2.63. The molecule has 0 radical (unpaired) electrons. The maximum atomic E-state index is 9.14. The Labute approximate surface area is 112 Å². The lowest BCUT2D eigenvalue weighted by molar-refractivity contribution is 0.242. The van der Waals surface area contributed by atoms with E-state index in [0.717, 1.165) is 16.9 Å². The zero-order chi connectivity index (χ0) is 13.8. The fourth-order valence-electron chi connectivity index (χ4n) is 1.82. The molecular weight excluding hydrogens is 238 g/mol. The number of benzene rings is 1. The molecule has 2 rings (SSSR count). The van der Waals surface area contributed by atoms with Gasteiger partial charge in [0.25, 0.3) is 0 Å². The fraction of sp³-hybridized carbons (Fsp3) is 0.200. The smallest absolute Gasteiger partial charge is 0.141 e. The monoisotopic (exact) mass is 253 g/mol. The van der Waals surface area contributed by atoms with E-state index in [1.807, 2.05) is 38.1 Å². The molecule has 0 unspecified atom stereocenters. The van der Waals surface area contributed by atoms with Gasteiger partial charge in [-0.15, -0.1) is 0 Å². The highest BCUT2D eigenvalue weighted by Gasteiger charge is 2.09. The van der Waals surface area contributed by atoms with E-state index in [-0.39, 0.29) is 11.9 Å². The van der Waals surface area contributed by atoms with Crippen LogP contribution in [0.2, 0.25) is 0 Å². The molecule has 0 aliphatic rings. The summed E-state index contributed by atoms with van der Waals surface area (Å²) in [5.74, 6) is 1.06. The van der Waals surface area contributed by atoms with Gasteiger partial charge in [-0.2, -0.15) is 5.26 Å². The number of ether oxygens (including phenoxy) is 1. The summed E-state index contributed by atoms with van der Waals surface area (Å²) in [5, 5.41) is 9.14. The van der Waals surface area contributed by atoms with Crippen LogP contribution in [0.5, 0.6) is 5.75 Å². The number of nitrogens with two attached hydrogens (primary N) is 1. The Kier molecular flexibility index (Phi) is 3.67. The third kappa shape index (κ3) is 2.83. The van der Waals surface area contributed by atoms with E-state index in [9.17, 15) is 0 Å². The van der Waals surface area contributed by atoms with Crippen LogP contribution in [0.4, 0.5) is 5.82 Å². The maximum Gasteiger partial charge on any atom is 0.141 e. The zero-order valence-corrected chi connectivity index (χ0v) is 10.9. The van der Waals surface area contributed by atoms with Crippen molar-refractivity contribution < 1.29 is 4.74 Å². The van der Waals surface area contributed by atoms with E-state index in [2.05, 4.69) is 11.1 Å². The van der Waals surface area contributed by atoms with E-state index < -0.39 is 0 Å². The van der Waals surface area contributed by atoms with Crippen molar-refractivity contribution in [2.75, 3.05) is 5.73 Å². The molecule has 1 heterocycles. The first-order valence-corrected chi connectivity index (χ1v) is 6.03. The van der Waals surface area contributed by atoms with E-state index in [4.69, 9.17) is 15.7 Å². The molecule has 0 amide bonds. The van der Waals surface area contributed by atoms with Crippen molar-refractivity contribution in [2.45, 2.75) is 20.0 Å². The van der Waals surface area contributed by atoms with Gasteiger partial charge in [0.2, 0.25) is 0 Å². The predicted molar refractivity (Wildman–Crippen MR) is 74.6 cm³/mol. The first kappa shape index (κ1) is 12.9. The lowest BCUT2D eigenvalue weighted by atomic mass is 10.0. The number of hydrogen-bond donors (Lipinski definition) is 1. The van der Waals surface area contributed by atoms with Crippen LogP contribution in [0, 0.1) is 11.3 Å². The summed E-state index contributed by atoms with van der Waals surface area (Å²) < 4.78 is 5.58. The van der Waals surface area contributed by atoms with E-state index in [1.54, 1.807) is 12.3 Å². The van der Waals surface area contributed by atoms with Crippen LogP contribution < -0.4 is 10.5 Å². The number of nitrogens with zero attached hydrogens (tertiary/aromatic N) is 2. The molecule has 1 aromatic heterocycles. The van der Waals surface area contributed by atoms with Gasteiger partial charge in [0.05, 0.1) is 6.10 Å². The minimum absolute atomic E-state index is 0.136. The summed E-state index contributed by atoms with van der Waals surface area (Å²) in [6.45, 7) is 3.95. The lowest BCUT2D eigenvalue weighted by Gasteiger charge is -2.11. The Balaban J connectivity index is 2.38. The minimum atomic E-state index is 0.136. The van der Waals surface area contributed by atoms with E-state index in [0.29, 0.717) is 5.56 Å². The molecule has 4 heteroatoms. The van der Waals surface area contributed by atoms with Crippen LogP contribution in [-0.4, -0.2) is 11.1 Å². The second-order valence-electron chi connectivity index (χ2n) is 4.42. The molecule has 4 nitrogen and oxygen atoms in total. The van der Waals surface area contributed by atoms with Crippen LogP contribution in [0.3, 0.4) is 0 Å². The molecular formula is C15H15N3O. The summed E-state index contributed by atoms with van der Waals surface area (Å²) in [6.07, 6.45) is 1.74. The van der Waals surface area contributed by atoms with Gasteiger partial charge >= 0.3 is 0 Å². The molecule has 0 fully saturated rings. The van der Waals surface area contributed by atoms with Crippen molar-refractivity contribution in [1.82, 2.24) is 4.98 Å². The average Bonchev–Trinajstić information content (AvgIpc) is 2.38. The first-order chi connectivity index (χ1) is 9.11. The molecule has 2 N–H and O–H groups in total. The number of hydrogen-bond acceptors (Lipinski definition) is 4. The summed E-state index contributed by atoms with van der Waals surface area (Å²) in [4.78, 5) is 3.92. The molecule has 0 bridgehead atoms. The molecule has 0 atom stereocenters. The number of pyridine rings is 1. The van der Waals surface area contributed by atoms with Crippen LogP contribution in [0.1, 0.15) is 19.4 Å². The Morgan fingerprint density at radius 2 is 1.89 bits per heavy atom. The Morgan fingerprint density at radius 3 is 2.47 bits per heavy atom. The predicted octanol–water partition coefficient (Wildman–Crippen LogP) is 2.99. The standard InChI is InChI=1S/C15H15N3O/c1-10(2)19-12-5-3-11(4-6-12)13-7-8-18-15(17)14(13)9-16/h3-8,10H,1-2H3,(H2,17,18). The molecule has 0 aliphatic heterocycles. The summed E-state index contributed by atoms with van der Waals surface area (Å²) in [7, 11) is 0. The normalized spacial score (nSPS) is 10.2. The summed E-state index contributed by atoms with van der Waals surface area (Å²) in [6, 6.07) is 11.5. The van der Waals surface area contributed by atoms with Crippen LogP contribution in [-0.2, 0) is 0 Å². The fourth-order valence-corrected chi connectivity index (χ4v) is 1.82. The van der Waals surface area contributed by atoms with Gasteiger partial charge in [0.1, 0.15) is 23.2 Å². The van der Waals surface area contributed by atoms with Crippen LogP contribution in [0.15, 0.2) is 36.5 Å². The van der Waals surface area contributed by atoms with Crippen molar-refractivity contribution in [3.8, 4) is 22.9 Å². The summed E-state index contributed by atoms with van der Waals surface area (Å²) >= 11 is 0. The van der Waals surface area contributed by atoms with Gasteiger partial charge in [-0.25, -0.2) is 4.98 Å².